The van der Waals surface area contributed by atoms with Crippen LogP contribution < -0.4 is 5.32 Å². The summed E-state index contributed by atoms with van der Waals surface area (Å²) in [6, 6.07) is 4.45. The maximum atomic E-state index is 12.2. The lowest BCUT2D eigenvalue weighted by molar-refractivity contribution is -0.140. The molecule has 1 heterocycles. The number of H-pyrrole nitrogens is 1. The molecule has 112 valence electrons. The van der Waals surface area contributed by atoms with E-state index >= 15 is 0 Å². The summed E-state index contributed by atoms with van der Waals surface area (Å²) in [5.74, 6) is -1.56. The number of carbonyl (C=O) groups is 2. The van der Waals surface area contributed by atoms with Crippen LogP contribution in [0.3, 0.4) is 0 Å². The van der Waals surface area contributed by atoms with Crippen molar-refractivity contribution in [2.75, 3.05) is 0 Å². The van der Waals surface area contributed by atoms with E-state index in [9.17, 15) is 9.59 Å². The predicted molar refractivity (Wildman–Crippen MR) is 81.5 cm³/mol. The number of hydrogen-bond donors (Lipinski definition) is 3. The van der Waals surface area contributed by atoms with Gasteiger partial charge in [-0.2, -0.15) is 0 Å². The Morgan fingerprint density at radius 1 is 1.24 bits per heavy atom. The molecule has 0 aliphatic carbocycles. The summed E-state index contributed by atoms with van der Waals surface area (Å²) < 4.78 is 0. The highest BCUT2D eigenvalue weighted by Gasteiger charge is 2.24. The molecule has 0 aliphatic heterocycles. The van der Waals surface area contributed by atoms with Crippen molar-refractivity contribution >= 4 is 22.8 Å². The second kappa shape index (κ2) is 5.60. The van der Waals surface area contributed by atoms with Gasteiger partial charge in [-0.15, -0.1) is 0 Å². The van der Waals surface area contributed by atoms with E-state index in [2.05, 4.69) is 10.3 Å². The van der Waals surface area contributed by atoms with Crippen molar-refractivity contribution in [1.82, 2.24) is 10.3 Å². The lowest BCUT2D eigenvalue weighted by atomic mass is 10.0. The highest BCUT2D eigenvalue weighted by Crippen LogP contribution is 2.22. The molecule has 1 aromatic heterocycles. The standard InChI is InChI=1S/C16H20N2O3/c1-8(2)14(16(20)21)18-15(19)11-5-6-13-12(7-11)9(3)10(4)17-13/h5-8,14,17H,1-4H3,(H,18,19)(H,20,21)/t14-/m1/s1. The highest BCUT2D eigenvalue weighted by atomic mass is 16.4. The van der Waals surface area contributed by atoms with E-state index in [4.69, 9.17) is 5.11 Å². The third-order valence-electron chi connectivity index (χ3n) is 3.79. The van der Waals surface area contributed by atoms with Gasteiger partial charge in [0, 0.05) is 22.2 Å². The summed E-state index contributed by atoms with van der Waals surface area (Å²) in [5.41, 5.74) is 3.60. The summed E-state index contributed by atoms with van der Waals surface area (Å²) in [7, 11) is 0. The average Bonchev–Trinajstić information content (AvgIpc) is 2.70. The number of carbonyl (C=O) groups excluding carboxylic acids is 1. The third kappa shape index (κ3) is 2.91. The fourth-order valence-corrected chi connectivity index (χ4v) is 2.34. The number of aromatic nitrogens is 1. The number of amides is 1. The van der Waals surface area contributed by atoms with Gasteiger partial charge in [0.15, 0.2) is 0 Å². The average molecular weight is 288 g/mol. The first-order valence-corrected chi connectivity index (χ1v) is 6.94. The van der Waals surface area contributed by atoms with E-state index in [1.54, 1.807) is 26.0 Å². The molecule has 1 aromatic carbocycles. The minimum atomic E-state index is -1.02. The molecule has 3 N–H and O–H groups in total. The number of carboxylic acids is 1. The first kappa shape index (κ1) is 15.1. The van der Waals surface area contributed by atoms with E-state index < -0.39 is 12.0 Å². The Labute approximate surface area is 123 Å². The number of aryl methyl sites for hydroxylation is 2. The van der Waals surface area contributed by atoms with Crippen LogP contribution in [0.15, 0.2) is 18.2 Å². The van der Waals surface area contributed by atoms with Gasteiger partial charge in [-0.25, -0.2) is 4.79 Å². The number of aliphatic carboxylic acids is 1. The molecule has 0 spiro atoms. The molecule has 1 amide bonds. The van der Waals surface area contributed by atoms with Gasteiger partial charge >= 0.3 is 5.97 Å². The first-order valence-electron chi connectivity index (χ1n) is 6.94. The van der Waals surface area contributed by atoms with Crippen molar-refractivity contribution in [2.45, 2.75) is 33.7 Å². The van der Waals surface area contributed by atoms with Gasteiger partial charge in [0.1, 0.15) is 6.04 Å². The van der Waals surface area contributed by atoms with Crippen molar-refractivity contribution < 1.29 is 14.7 Å². The van der Waals surface area contributed by atoms with Gasteiger partial charge < -0.3 is 15.4 Å². The van der Waals surface area contributed by atoms with Crippen molar-refractivity contribution in [3.8, 4) is 0 Å². The minimum Gasteiger partial charge on any atom is -0.480 e. The Kier molecular flexibility index (Phi) is 4.02. The van der Waals surface area contributed by atoms with E-state index in [-0.39, 0.29) is 11.8 Å². The Morgan fingerprint density at radius 2 is 1.90 bits per heavy atom. The molecule has 0 unspecified atom stereocenters. The second-order valence-corrected chi connectivity index (χ2v) is 5.67. The van der Waals surface area contributed by atoms with Gasteiger partial charge in [-0.3, -0.25) is 4.79 Å². The lowest BCUT2D eigenvalue weighted by Gasteiger charge is -2.17. The molecule has 5 nitrogen and oxygen atoms in total. The first-order chi connectivity index (χ1) is 9.81. The van der Waals surface area contributed by atoms with Gasteiger partial charge in [0.2, 0.25) is 0 Å². The topological polar surface area (TPSA) is 82.2 Å². The zero-order valence-corrected chi connectivity index (χ0v) is 12.7. The highest BCUT2D eigenvalue weighted by molar-refractivity contribution is 6.00. The fraction of sp³-hybridized carbons (Fsp3) is 0.375. The van der Waals surface area contributed by atoms with Gasteiger partial charge in [-0.1, -0.05) is 13.8 Å². The van der Waals surface area contributed by atoms with E-state index in [0.29, 0.717) is 5.56 Å². The molecule has 1 atom stereocenters. The van der Waals surface area contributed by atoms with Crippen LogP contribution in [-0.2, 0) is 4.79 Å². The normalized spacial score (nSPS) is 12.6. The second-order valence-electron chi connectivity index (χ2n) is 5.67. The molecule has 21 heavy (non-hydrogen) atoms. The van der Waals surface area contributed by atoms with Crippen LogP contribution in [0.1, 0.15) is 35.5 Å². The molecule has 0 fully saturated rings. The Morgan fingerprint density at radius 3 is 2.48 bits per heavy atom. The molecular weight excluding hydrogens is 268 g/mol. The van der Waals surface area contributed by atoms with E-state index in [1.165, 1.54) is 0 Å². The van der Waals surface area contributed by atoms with Crippen molar-refractivity contribution in [3.63, 3.8) is 0 Å². The zero-order valence-electron chi connectivity index (χ0n) is 12.7. The van der Waals surface area contributed by atoms with Crippen LogP contribution in [0.25, 0.3) is 10.9 Å². The molecule has 2 aromatic rings. The molecule has 0 bridgehead atoms. The number of hydrogen-bond acceptors (Lipinski definition) is 2. The molecule has 5 heteroatoms. The van der Waals surface area contributed by atoms with Crippen LogP contribution >= 0.6 is 0 Å². The van der Waals surface area contributed by atoms with Crippen LogP contribution in [0.2, 0.25) is 0 Å². The molecule has 0 aliphatic rings. The molecule has 2 rings (SSSR count). The number of carboxylic acid groups (broad SMARTS) is 1. The SMILES string of the molecule is Cc1[nH]c2ccc(C(=O)N[C@@H](C(=O)O)C(C)C)cc2c1C. The number of nitrogens with one attached hydrogen (secondary N) is 2. The molecular formula is C16H20N2O3. The van der Waals surface area contributed by atoms with Crippen LogP contribution in [0.4, 0.5) is 0 Å². The van der Waals surface area contributed by atoms with Crippen molar-refractivity contribution in [2.24, 2.45) is 5.92 Å². The summed E-state index contributed by atoms with van der Waals surface area (Å²) >= 11 is 0. The van der Waals surface area contributed by atoms with Gasteiger partial charge in [0.25, 0.3) is 5.91 Å². The van der Waals surface area contributed by atoms with Crippen molar-refractivity contribution in [3.05, 3.63) is 35.0 Å². The van der Waals surface area contributed by atoms with Crippen LogP contribution in [0.5, 0.6) is 0 Å². The molecule has 0 saturated carbocycles. The number of benzene rings is 1. The molecule has 0 saturated heterocycles. The summed E-state index contributed by atoms with van der Waals surface area (Å²) in [6.07, 6.45) is 0. The fourth-order valence-electron chi connectivity index (χ4n) is 2.34. The molecule has 0 radical (unpaired) electrons. The van der Waals surface area contributed by atoms with Crippen molar-refractivity contribution in [1.29, 1.82) is 0 Å². The van der Waals surface area contributed by atoms with Crippen LogP contribution in [0, 0.1) is 19.8 Å². The number of rotatable bonds is 4. The lowest BCUT2D eigenvalue weighted by Crippen LogP contribution is -2.44. The summed E-state index contributed by atoms with van der Waals surface area (Å²) in [6.45, 7) is 7.50. The van der Waals surface area contributed by atoms with Crippen LogP contribution in [-0.4, -0.2) is 28.0 Å². The third-order valence-corrected chi connectivity index (χ3v) is 3.79. The number of fused-ring (bicyclic) bond motifs is 1. The van der Waals surface area contributed by atoms with E-state index in [0.717, 1.165) is 22.2 Å². The maximum absolute atomic E-state index is 12.2. The summed E-state index contributed by atoms with van der Waals surface area (Å²) in [5, 5.41) is 12.7. The Balaban J connectivity index is 2.31. The van der Waals surface area contributed by atoms with E-state index in [1.807, 2.05) is 19.9 Å². The monoisotopic (exact) mass is 288 g/mol. The van der Waals surface area contributed by atoms with Gasteiger partial charge in [-0.05, 0) is 43.5 Å². The number of aromatic amines is 1. The largest absolute Gasteiger partial charge is 0.480 e. The zero-order chi connectivity index (χ0) is 15.7. The van der Waals surface area contributed by atoms with Gasteiger partial charge in [0.05, 0.1) is 0 Å². The smallest absolute Gasteiger partial charge is 0.326 e. The maximum Gasteiger partial charge on any atom is 0.326 e. The Bertz CT molecular complexity index is 701. The summed E-state index contributed by atoms with van der Waals surface area (Å²) in [4.78, 5) is 26.6. The minimum absolute atomic E-state index is 0.175. The predicted octanol–water partition coefficient (Wildman–Crippen LogP) is 2.62. The quantitative estimate of drug-likeness (QED) is 0.808. The Hall–Kier alpha value is -2.30.